The Morgan fingerprint density at radius 1 is 0.879 bits per heavy atom. The van der Waals surface area contributed by atoms with E-state index in [1.165, 1.54) is 39.5 Å². The largest absolute Gasteiger partial charge is 0.493 e. The Bertz CT molecular complexity index is 1200. The molecule has 0 aliphatic heterocycles. The van der Waals surface area contributed by atoms with E-state index in [0.717, 1.165) is 16.3 Å². The van der Waals surface area contributed by atoms with Crippen LogP contribution >= 0.6 is 12.2 Å². The highest BCUT2D eigenvalue weighted by Crippen LogP contribution is 2.38. The molecule has 0 bridgehead atoms. The van der Waals surface area contributed by atoms with Gasteiger partial charge in [-0.1, -0.05) is 42.5 Å². The molecule has 3 rings (SSSR count). The topological polar surface area (TPSA) is 97.9 Å². The summed E-state index contributed by atoms with van der Waals surface area (Å²) in [5.41, 5.74) is 6.06. The predicted octanol–water partition coefficient (Wildman–Crippen LogP) is 3.21. The summed E-state index contributed by atoms with van der Waals surface area (Å²) in [7, 11) is 4.37. The zero-order chi connectivity index (χ0) is 23.8. The quantitative estimate of drug-likeness (QED) is 0.292. The third-order valence-electron chi connectivity index (χ3n) is 4.69. The zero-order valence-electron chi connectivity index (χ0n) is 18.3. The first-order valence-electron chi connectivity index (χ1n) is 9.84. The number of benzene rings is 3. The smallest absolute Gasteiger partial charge is 0.269 e. The summed E-state index contributed by atoms with van der Waals surface area (Å²) in [6.07, 6.45) is 3.07. The van der Waals surface area contributed by atoms with Gasteiger partial charge in [-0.25, -0.2) is 0 Å². The van der Waals surface area contributed by atoms with Crippen LogP contribution in [-0.2, 0) is 4.79 Å². The van der Waals surface area contributed by atoms with E-state index in [4.69, 9.17) is 26.4 Å². The minimum Gasteiger partial charge on any atom is -0.493 e. The van der Waals surface area contributed by atoms with Gasteiger partial charge in [0.15, 0.2) is 16.6 Å². The van der Waals surface area contributed by atoms with Crippen molar-refractivity contribution in [2.45, 2.75) is 0 Å². The lowest BCUT2D eigenvalue weighted by Gasteiger charge is -2.14. The van der Waals surface area contributed by atoms with E-state index < -0.39 is 11.8 Å². The van der Waals surface area contributed by atoms with Crippen LogP contribution in [-0.4, -0.2) is 38.3 Å². The number of thiocarbonyl (C=S) groups is 1. The molecule has 0 aromatic heterocycles. The van der Waals surface area contributed by atoms with Crippen LogP contribution in [0, 0.1) is 0 Å². The molecule has 0 aliphatic carbocycles. The van der Waals surface area contributed by atoms with Crippen molar-refractivity contribution in [2.75, 3.05) is 21.3 Å². The van der Waals surface area contributed by atoms with Gasteiger partial charge in [-0.15, -0.1) is 0 Å². The van der Waals surface area contributed by atoms with Gasteiger partial charge in [0.25, 0.3) is 5.91 Å². The number of carbonyl (C=O) groups excluding carboxylic acids is 2. The van der Waals surface area contributed by atoms with E-state index in [2.05, 4.69) is 16.2 Å². The van der Waals surface area contributed by atoms with Crippen LogP contribution in [0.25, 0.3) is 16.8 Å². The molecule has 170 valence electrons. The number of hydrazine groups is 1. The second-order valence-corrected chi connectivity index (χ2v) is 7.12. The van der Waals surface area contributed by atoms with Gasteiger partial charge in [-0.3, -0.25) is 25.8 Å². The maximum Gasteiger partial charge on any atom is 0.269 e. The predicted molar refractivity (Wildman–Crippen MR) is 130 cm³/mol. The van der Waals surface area contributed by atoms with Crippen molar-refractivity contribution < 1.29 is 23.8 Å². The maximum absolute atomic E-state index is 12.5. The van der Waals surface area contributed by atoms with Crippen molar-refractivity contribution in [2.24, 2.45) is 0 Å². The molecule has 0 atom stereocenters. The van der Waals surface area contributed by atoms with Gasteiger partial charge in [0.2, 0.25) is 11.7 Å². The summed E-state index contributed by atoms with van der Waals surface area (Å²) >= 11 is 5.08. The van der Waals surface area contributed by atoms with Gasteiger partial charge in [-0.2, -0.15) is 0 Å². The third-order valence-corrected chi connectivity index (χ3v) is 4.89. The molecule has 0 saturated heterocycles. The van der Waals surface area contributed by atoms with Crippen molar-refractivity contribution in [1.82, 2.24) is 16.2 Å². The number of nitrogens with one attached hydrogen (secondary N) is 3. The molecule has 0 fully saturated rings. The number of ether oxygens (including phenoxy) is 3. The Labute approximate surface area is 196 Å². The average Bonchev–Trinajstić information content (AvgIpc) is 2.84. The fourth-order valence-corrected chi connectivity index (χ4v) is 3.30. The molecule has 2 amide bonds. The molecule has 0 unspecified atom stereocenters. The summed E-state index contributed by atoms with van der Waals surface area (Å²) < 4.78 is 15.7. The summed E-state index contributed by atoms with van der Waals surface area (Å²) in [4.78, 5) is 24.7. The first-order valence-corrected chi connectivity index (χ1v) is 10.2. The lowest BCUT2D eigenvalue weighted by molar-refractivity contribution is -0.115. The highest BCUT2D eigenvalue weighted by molar-refractivity contribution is 7.80. The van der Waals surface area contributed by atoms with Crippen LogP contribution < -0.4 is 30.4 Å². The van der Waals surface area contributed by atoms with E-state index >= 15 is 0 Å². The minimum atomic E-state index is -0.517. The summed E-state index contributed by atoms with van der Waals surface area (Å²) in [6, 6.07) is 16.7. The summed E-state index contributed by atoms with van der Waals surface area (Å²) in [5, 5.41) is 4.52. The van der Waals surface area contributed by atoms with Crippen LogP contribution in [0.2, 0.25) is 0 Å². The number of fused-ring (bicyclic) bond motifs is 1. The van der Waals surface area contributed by atoms with Crippen LogP contribution in [0.5, 0.6) is 17.2 Å². The van der Waals surface area contributed by atoms with Gasteiger partial charge in [0.1, 0.15) is 0 Å². The molecule has 0 aliphatic rings. The molecule has 3 aromatic rings. The van der Waals surface area contributed by atoms with E-state index in [9.17, 15) is 9.59 Å². The molecule has 33 heavy (non-hydrogen) atoms. The highest BCUT2D eigenvalue weighted by atomic mass is 32.1. The van der Waals surface area contributed by atoms with Crippen molar-refractivity contribution in [1.29, 1.82) is 0 Å². The lowest BCUT2D eigenvalue weighted by Crippen LogP contribution is -2.48. The Morgan fingerprint density at radius 2 is 1.55 bits per heavy atom. The summed E-state index contributed by atoms with van der Waals surface area (Å²) in [5.74, 6) is 0.0674. The molecular formula is C24H23N3O5S. The molecule has 3 aromatic carbocycles. The molecule has 0 saturated carbocycles. The van der Waals surface area contributed by atoms with Crippen LogP contribution in [0.1, 0.15) is 15.9 Å². The van der Waals surface area contributed by atoms with Gasteiger partial charge in [0.05, 0.1) is 21.3 Å². The summed E-state index contributed by atoms with van der Waals surface area (Å²) in [6.45, 7) is 0. The first-order chi connectivity index (χ1) is 16.0. The Kier molecular flexibility index (Phi) is 7.82. The van der Waals surface area contributed by atoms with E-state index in [1.54, 1.807) is 6.08 Å². The molecule has 8 nitrogen and oxygen atoms in total. The zero-order valence-corrected chi connectivity index (χ0v) is 19.1. The van der Waals surface area contributed by atoms with E-state index in [1.807, 2.05) is 42.5 Å². The minimum absolute atomic E-state index is 0.0663. The van der Waals surface area contributed by atoms with E-state index in [0.29, 0.717) is 17.2 Å². The van der Waals surface area contributed by atoms with Crippen LogP contribution in [0.4, 0.5) is 0 Å². The normalized spacial score (nSPS) is 10.5. The third kappa shape index (κ3) is 5.78. The maximum atomic E-state index is 12.5. The SMILES string of the molecule is COc1cc(C(=O)NNC(=S)NC(=O)/C=C/c2cccc3ccccc23)cc(OC)c1OC. The van der Waals surface area contributed by atoms with Crippen LogP contribution in [0.15, 0.2) is 60.7 Å². The van der Waals surface area contributed by atoms with Crippen molar-refractivity contribution in [3.05, 3.63) is 71.8 Å². The second-order valence-electron chi connectivity index (χ2n) is 6.71. The van der Waals surface area contributed by atoms with Crippen LogP contribution in [0.3, 0.4) is 0 Å². The number of rotatable bonds is 6. The molecule has 3 N–H and O–H groups in total. The van der Waals surface area contributed by atoms with Crippen molar-refractivity contribution >= 4 is 46.0 Å². The molecular weight excluding hydrogens is 442 g/mol. The number of hydrogen-bond donors (Lipinski definition) is 3. The fourth-order valence-electron chi connectivity index (χ4n) is 3.14. The first kappa shape index (κ1) is 23.6. The average molecular weight is 466 g/mol. The Morgan fingerprint density at radius 3 is 2.21 bits per heavy atom. The standard InChI is InChI=1S/C24H23N3O5S/c1-30-19-13-17(14-20(31-2)22(19)32-3)23(29)26-27-24(33)25-21(28)12-11-16-9-6-8-15-7-4-5-10-18(15)16/h4-14H,1-3H3,(H,26,29)(H2,25,27,28,33)/b12-11+. The van der Waals surface area contributed by atoms with Gasteiger partial charge < -0.3 is 14.2 Å². The Hall–Kier alpha value is -4.11. The monoisotopic (exact) mass is 465 g/mol. The van der Waals surface area contributed by atoms with Crippen molar-refractivity contribution in [3.8, 4) is 17.2 Å². The van der Waals surface area contributed by atoms with Gasteiger partial charge in [-0.05, 0) is 46.8 Å². The lowest BCUT2D eigenvalue weighted by atomic mass is 10.0. The van der Waals surface area contributed by atoms with E-state index in [-0.39, 0.29) is 10.7 Å². The molecule has 0 heterocycles. The molecule has 0 spiro atoms. The highest BCUT2D eigenvalue weighted by Gasteiger charge is 2.17. The fraction of sp³-hybridized carbons (Fsp3) is 0.125. The number of methoxy groups -OCH3 is 3. The number of carbonyl (C=O) groups is 2. The molecule has 0 radical (unpaired) electrons. The second kappa shape index (κ2) is 11.0. The Balaban J connectivity index is 1.59. The number of hydrogen-bond acceptors (Lipinski definition) is 6. The number of amides is 2. The van der Waals surface area contributed by atoms with Gasteiger partial charge >= 0.3 is 0 Å². The molecule has 9 heteroatoms. The van der Waals surface area contributed by atoms with Gasteiger partial charge in [0, 0.05) is 11.6 Å². The van der Waals surface area contributed by atoms with Crippen molar-refractivity contribution in [3.63, 3.8) is 0 Å².